The van der Waals surface area contributed by atoms with Gasteiger partial charge in [-0.25, -0.2) is 4.39 Å². The van der Waals surface area contributed by atoms with Crippen LogP contribution in [0, 0.1) is 23.6 Å². The molecule has 0 saturated carbocycles. The van der Waals surface area contributed by atoms with Gasteiger partial charge in [-0.2, -0.15) is 0 Å². The Morgan fingerprint density at radius 2 is 2.20 bits per heavy atom. The highest BCUT2D eigenvalue weighted by molar-refractivity contribution is 5.38. The molecule has 0 bridgehead atoms. The van der Waals surface area contributed by atoms with E-state index < -0.39 is 0 Å². The molecule has 0 spiro atoms. The number of hydrogen-bond acceptors (Lipinski definition) is 2. The van der Waals surface area contributed by atoms with Gasteiger partial charge in [-0.15, -0.1) is 0 Å². The Morgan fingerprint density at radius 3 is 2.95 bits per heavy atom. The van der Waals surface area contributed by atoms with Gasteiger partial charge in [0.2, 0.25) is 0 Å². The van der Waals surface area contributed by atoms with E-state index in [1.54, 1.807) is 0 Å². The molecule has 0 radical (unpaired) electrons. The van der Waals surface area contributed by atoms with E-state index >= 15 is 0 Å². The zero-order valence-corrected chi connectivity index (χ0v) is 12.3. The lowest BCUT2D eigenvalue weighted by molar-refractivity contribution is 0.106. The van der Waals surface area contributed by atoms with Crippen LogP contribution in [0.15, 0.2) is 18.2 Å². The van der Waals surface area contributed by atoms with Crippen molar-refractivity contribution in [2.45, 2.75) is 39.3 Å². The smallest absolute Gasteiger partial charge is 0.138 e. The minimum atomic E-state index is -0.269. The fraction of sp³-hybridized carbons (Fsp3) is 0.529. The van der Waals surface area contributed by atoms with E-state index in [2.05, 4.69) is 30.6 Å². The zero-order valence-electron chi connectivity index (χ0n) is 12.3. The third-order valence-corrected chi connectivity index (χ3v) is 4.25. The maximum atomic E-state index is 13.7. The van der Waals surface area contributed by atoms with Crippen molar-refractivity contribution in [2.24, 2.45) is 11.7 Å². The molecule has 3 heteroatoms. The predicted octanol–water partition coefficient (Wildman–Crippen LogP) is 2.76. The number of nitrogens with zero attached hydrogens (tertiary/aromatic N) is 1. The van der Waals surface area contributed by atoms with Gasteiger partial charge in [-0.1, -0.05) is 24.8 Å². The first kappa shape index (κ1) is 15.0. The fourth-order valence-corrected chi connectivity index (χ4v) is 2.79. The van der Waals surface area contributed by atoms with Crippen LogP contribution in [0.5, 0.6) is 0 Å². The monoisotopic (exact) mass is 274 g/mol. The number of hydrogen-bond donors (Lipinski definition) is 1. The van der Waals surface area contributed by atoms with Crippen molar-refractivity contribution in [1.82, 2.24) is 4.90 Å². The molecule has 2 atom stereocenters. The standard InChI is InChI=1S/C17H23FN2/c1-13-5-4-10-20(14(13)2)12-15-7-8-17(18)16(11-15)6-3-9-19/h7-8,11,13-14H,4-5,9-10,12,19H2,1-2H3. The van der Waals surface area contributed by atoms with Gasteiger partial charge < -0.3 is 5.73 Å². The van der Waals surface area contributed by atoms with E-state index in [1.807, 2.05) is 12.1 Å². The molecule has 0 aliphatic carbocycles. The lowest BCUT2D eigenvalue weighted by Gasteiger charge is -2.38. The number of likely N-dealkylation sites (tertiary alicyclic amines) is 1. The second-order valence-corrected chi connectivity index (χ2v) is 5.65. The average Bonchev–Trinajstić information content (AvgIpc) is 2.44. The molecule has 0 amide bonds. The number of benzene rings is 1. The van der Waals surface area contributed by atoms with Gasteiger partial charge in [0.15, 0.2) is 0 Å². The second kappa shape index (κ2) is 6.88. The van der Waals surface area contributed by atoms with Gasteiger partial charge in [0.1, 0.15) is 5.82 Å². The van der Waals surface area contributed by atoms with Crippen molar-refractivity contribution in [3.8, 4) is 11.8 Å². The van der Waals surface area contributed by atoms with Crippen LogP contribution in [0.3, 0.4) is 0 Å². The van der Waals surface area contributed by atoms with Gasteiger partial charge in [0, 0.05) is 12.6 Å². The summed E-state index contributed by atoms with van der Waals surface area (Å²) in [7, 11) is 0. The maximum Gasteiger partial charge on any atom is 0.138 e. The predicted molar refractivity (Wildman–Crippen MR) is 80.6 cm³/mol. The minimum absolute atomic E-state index is 0.254. The van der Waals surface area contributed by atoms with Gasteiger partial charge in [0.25, 0.3) is 0 Å². The van der Waals surface area contributed by atoms with Gasteiger partial charge >= 0.3 is 0 Å². The quantitative estimate of drug-likeness (QED) is 0.840. The average molecular weight is 274 g/mol. The van der Waals surface area contributed by atoms with Crippen molar-refractivity contribution in [1.29, 1.82) is 0 Å². The van der Waals surface area contributed by atoms with Crippen LogP contribution in [0.4, 0.5) is 4.39 Å². The van der Waals surface area contributed by atoms with Crippen molar-refractivity contribution in [3.63, 3.8) is 0 Å². The molecular formula is C17H23FN2. The molecule has 2 unspecified atom stereocenters. The summed E-state index contributed by atoms with van der Waals surface area (Å²) in [6.45, 7) is 6.82. The summed E-state index contributed by atoms with van der Waals surface area (Å²) >= 11 is 0. The van der Waals surface area contributed by atoms with E-state index in [9.17, 15) is 4.39 Å². The van der Waals surface area contributed by atoms with Crippen LogP contribution in [-0.2, 0) is 6.54 Å². The van der Waals surface area contributed by atoms with Crippen LogP contribution in [-0.4, -0.2) is 24.0 Å². The molecule has 1 aliphatic rings. The third kappa shape index (κ3) is 3.59. The summed E-state index contributed by atoms with van der Waals surface area (Å²) in [5.74, 6) is 5.97. The first-order valence-corrected chi connectivity index (χ1v) is 7.33. The molecule has 0 aromatic heterocycles. The highest BCUT2D eigenvalue weighted by atomic mass is 19.1. The Morgan fingerprint density at radius 1 is 1.40 bits per heavy atom. The molecule has 2 nitrogen and oxygen atoms in total. The molecule has 1 aromatic rings. The maximum absolute atomic E-state index is 13.7. The van der Waals surface area contributed by atoms with Gasteiger partial charge in [-0.05, 0) is 49.9 Å². The Bertz CT molecular complexity index is 515. The Kier molecular flexibility index (Phi) is 5.17. The number of nitrogens with two attached hydrogens (primary N) is 1. The lowest BCUT2D eigenvalue weighted by atomic mass is 9.91. The summed E-state index contributed by atoms with van der Waals surface area (Å²) in [4.78, 5) is 2.47. The van der Waals surface area contributed by atoms with Crippen molar-refractivity contribution in [2.75, 3.05) is 13.1 Å². The number of rotatable bonds is 2. The first-order valence-electron chi connectivity index (χ1n) is 7.33. The van der Waals surface area contributed by atoms with Crippen LogP contribution < -0.4 is 5.73 Å². The Labute approximate surface area is 121 Å². The summed E-state index contributed by atoms with van der Waals surface area (Å²) in [6, 6.07) is 5.79. The molecule has 1 saturated heterocycles. The third-order valence-electron chi connectivity index (χ3n) is 4.25. The lowest BCUT2D eigenvalue weighted by Crippen LogP contribution is -2.41. The van der Waals surface area contributed by atoms with Crippen LogP contribution in [0.1, 0.15) is 37.8 Å². The van der Waals surface area contributed by atoms with Crippen molar-refractivity contribution in [3.05, 3.63) is 35.1 Å². The molecule has 108 valence electrons. The summed E-state index contributed by atoms with van der Waals surface area (Å²) < 4.78 is 13.7. The molecule has 1 fully saturated rings. The van der Waals surface area contributed by atoms with Crippen LogP contribution in [0.2, 0.25) is 0 Å². The minimum Gasteiger partial charge on any atom is -0.320 e. The van der Waals surface area contributed by atoms with E-state index in [-0.39, 0.29) is 12.4 Å². The Hall–Kier alpha value is -1.37. The summed E-state index contributed by atoms with van der Waals surface area (Å²) in [6.07, 6.45) is 2.54. The zero-order chi connectivity index (χ0) is 14.5. The van der Waals surface area contributed by atoms with E-state index in [4.69, 9.17) is 5.73 Å². The Balaban J connectivity index is 2.13. The van der Waals surface area contributed by atoms with E-state index in [0.29, 0.717) is 11.6 Å². The molecule has 2 rings (SSSR count). The molecule has 2 N–H and O–H groups in total. The highest BCUT2D eigenvalue weighted by Gasteiger charge is 2.24. The molecular weight excluding hydrogens is 251 g/mol. The summed E-state index contributed by atoms with van der Waals surface area (Å²) in [5.41, 5.74) is 6.91. The molecule has 20 heavy (non-hydrogen) atoms. The number of halogens is 1. The van der Waals surface area contributed by atoms with Crippen molar-refractivity contribution < 1.29 is 4.39 Å². The largest absolute Gasteiger partial charge is 0.320 e. The van der Waals surface area contributed by atoms with Crippen molar-refractivity contribution >= 4 is 0 Å². The van der Waals surface area contributed by atoms with E-state index in [0.717, 1.165) is 24.6 Å². The van der Waals surface area contributed by atoms with Crippen LogP contribution in [0.25, 0.3) is 0 Å². The van der Waals surface area contributed by atoms with Gasteiger partial charge in [0.05, 0.1) is 12.1 Å². The van der Waals surface area contributed by atoms with Crippen LogP contribution >= 0.6 is 0 Å². The SMILES string of the molecule is CC1CCCN(Cc2ccc(F)c(C#CCN)c2)C1C. The summed E-state index contributed by atoms with van der Waals surface area (Å²) in [5, 5.41) is 0. The molecule has 1 aromatic carbocycles. The molecule has 1 heterocycles. The fourth-order valence-electron chi connectivity index (χ4n) is 2.79. The normalized spacial score (nSPS) is 23.2. The first-order chi connectivity index (χ1) is 9.61. The number of piperidine rings is 1. The topological polar surface area (TPSA) is 29.3 Å². The van der Waals surface area contributed by atoms with Gasteiger partial charge in [-0.3, -0.25) is 4.90 Å². The second-order valence-electron chi connectivity index (χ2n) is 5.65. The van der Waals surface area contributed by atoms with E-state index in [1.165, 1.54) is 18.9 Å². The molecule has 1 aliphatic heterocycles. The highest BCUT2D eigenvalue weighted by Crippen LogP contribution is 2.24.